The zero-order chi connectivity index (χ0) is 14.8. The molecule has 0 radical (unpaired) electrons. The van der Waals surface area contributed by atoms with E-state index in [1.807, 2.05) is 6.92 Å². The van der Waals surface area contributed by atoms with Crippen LogP contribution in [0.25, 0.3) is 11.4 Å². The summed E-state index contributed by atoms with van der Waals surface area (Å²) in [6.07, 6.45) is 3.96. The molecular formula is C13H16N2O4S. The smallest absolute Gasteiger partial charge is 0.237 e. The molecule has 1 heterocycles. The Kier molecular flexibility index (Phi) is 3.99. The fourth-order valence-corrected chi connectivity index (χ4v) is 2.65. The lowest BCUT2D eigenvalue weighted by atomic mass is 10.1. The first-order chi connectivity index (χ1) is 9.49. The van der Waals surface area contributed by atoms with Crippen molar-refractivity contribution in [3.05, 3.63) is 30.6 Å². The maximum atomic E-state index is 11.7. The first kappa shape index (κ1) is 14.4. The summed E-state index contributed by atoms with van der Waals surface area (Å²) in [4.78, 5) is 4.11. The molecule has 6 nitrogen and oxygen atoms in total. The monoisotopic (exact) mass is 296 g/mol. The van der Waals surface area contributed by atoms with Crippen LogP contribution in [0.3, 0.4) is 0 Å². The molecule has 0 saturated carbocycles. The third kappa shape index (κ3) is 2.62. The fraction of sp³-hybridized carbons (Fsp3) is 0.308. The van der Waals surface area contributed by atoms with Gasteiger partial charge in [0.2, 0.25) is 10.0 Å². The molecule has 0 aliphatic heterocycles. The van der Waals surface area contributed by atoms with Crippen molar-refractivity contribution in [2.45, 2.75) is 6.92 Å². The van der Waals surface area contributed by atoms with Crippen LogP contribution in [-0.4, -0.2) is 37.3 Å². The van der Waals surface area contributed by atoms with E-state index in [0.717, 1.165) is 10.2 Å². The molecule has 0 saturated heterocycles. The van der Waals surface area contributed by atoms with Gasteiger partial charge in [-0.1, -0.05) is 6.07 Å². The summed E-state index contributed by atoms with van der Waals surface area (Å²) in [7, 11) is -1.92. The van der Waals surface area contributed by atoms with Gasteiger partial charge in [0, 0.05) is 12.4 Å². The largest absolute Gasteiger partial charge is 0.492 e. The van der Waals surface area contributed by atoms with Crippen molar-refractivity contribution in [2.24, 2.45) is 0 Å². The molecule has 0 bridgehead atoms. The van der Waals surface area contributed by atoms with Crippen molar-refractivity contribution in [3.8, 4) is 22.9 Å². The number of nitrogens with zero attached hydrogens (tertiary/aromatic N) is 2. The summed E-state index contributed by atoms with van der Waals surface area (Å²) in [6.45, 7) is 2.35. The van der Waals surface area contributed by atoms with E-state index < -0.39 is 10.0 Å². The molecule has 1 aromatic heterocycles. The number of hydrogen-bond acceptors (Lipinski definition) is 5. The molecule has 2 rings (SSSR count). The van der Waals surface area contributed by atoms with Crippen LogP contribution >= 0.6 is 0 Å². The average molecular weight is 296 g/mol. The highest BCUT2D eigenvalue weighted by Gasteiger charge is 2.19. The van der Waals surface area contributed by atoms with E-state index >= 15 is 0 Å². The predicted molar refractivity (Wildman–Crippen MR) is 75.6 cm³/mol. The Morgan fingerprint density at radius 3 is 2.70 bits per heavy atom. The summed E-state index contributed by atoms with van der Waals surface area (Å²) in [5.41, 5.74) is 0.564. The third-order valence-corrected chi connectivity index (χ3v) is 3.70. The number of hydrogen-bond donors (Lipinski definition) is 0. The topological polar surface area (TPSA) is 70.4 Å². The van der Waals surface area contributed by atoms with Crippen LogP contribution in [-0.2, 0) is 10.0 Å². The van der Waals surface area contributed by atoms with Crippen molar-refractivity contribution in [1.29, 1.82) is 0 Å². The number of benzene rings is 1. The first-order valence-electron chi connectivity index (χ1n) is 6.03. The molecule has 1 aromatic carbocycles. The quantitative estimate of drug-likeness (QED) is 0.841. The van der Waals surface area contributed by atoms with Crippen LogP contribution in [0.2, 0.25) is 0 Å². The van der Waals surface area contributed by atoms with Gasteiger partial charge in [-0.15, -0.1) is 0 Å². The van der Waals surface area contributed by atoms with E-state index in [0.29, 0.717) is 29.5 Å². The number of imidazole rings is 1. The van der Waals surface area contributed by atoms with Crippen molar-refractivity contribution < 1.29 is 17.9 Å². The Balaban J connectivity index is 2.65. The minimum absolute atomic E-state index is 0.297. The standard InChI is InChI=1S/C13H16N2O4S/c1-4-19-11-7-5-6-10(12(11)18-2)13-14-8-9-15(13)20(3,16)17/h5-9H,4H2,1-3H3. The van der Waals surface area contributed by atoms with Gasteiger partial charge in [0.15, 0.2) is 17.3 Å². The average Bonchev–Trinajstić information content (AvgIpc) is 2.87. The van der Waals surface area contributed by atoms with Gasteiger partial charge in [-0.05, 0) is 19.1 Å². The van der Waals surface area contributed by atoms with Crippen molar-refractivity contribution in [1.82, 2.24) is 8.96 Å². The summed E-state index contributed by atoms with van der Waals surface area (Å²) in [6, 6.07) is 5.27. The van der Waals surface area contributed by atoms with E-state index in [-0.39, 0.29) is 0 Å². The van der Waals surface area contributed by atoms with Crippen LogP contribution in [0.5, 0.6) is 11.5 Å². The van der Waals surface area contributed by atoms with E-state index in [9.17, 15) is 8.42 Å². The second-order valence-electron chi connectivity index (χ2n) is 4.08. The number of ether oxygens (including phenoxy) is 2. The molecule has 0 unspecified atom stereocenters. The van der Waals surface area contributed by atoms with Gasteiger partial charge in [-0.2, -0.15) is 0 Å². The molecule has 0 atom stereocenters. The van der Waals surface area contributed by atoms with Crippen LogP contribution in [0.1, 0.15) is 6.92 Å². The fourth-order valence-electron chi connectivity index (χ4n) is 1.92. The molecule has 7 heteroatoms. The number of para-hydroxylation sites is 1. The number of rotatable bonds is 5. The van der Waals surface area contributed by atoms with Crippen LogP contribution in [0.4, 0.5) is 0 Å². The zero-order valence-electron chi connectivity index (χ0n) is 11.5. The molecule has 2 aromatic rings. The normalized spacial score (nSPS) is 11.3. The Hall–Kier alpha value is -2.02. The minimum Gasteiger partial charge on any atom is -0.492 e. The van der Waals surface area contributed by atoms with E-state index in [1.54, 1.807) is 18.2 Å². The molecular weight excluding hydrogens is 280 g/mol. The van der Waals surface area contributed by atoms with E-state index in [1.165, 1.54) is 19.5 Å². The summed E-state index contributed by atoms with van der Waals surface area (Å²) < 4.78 is 35.4. The predicted octanol–water partition coefficient (Wildman–Crippen LogP) is 1.77. The molecule has 0 spiro atoms. The van der Waals surface area contributed by atoms with Gasteiger partial charge < -0.3 is 9.47 Å². The lowest BCUT2D eigenvalue weighted by Crippen LogP contribution is -2.11. The van der Waals surface area contributed by atoms with Crippen LogP contribution in [0.15, 0.2) is 30.6 Å². The minimum atomic E-state index is -3.43. The molecule has 0 N–H and O–H groups in total. The van der Waals surface area contributed by atoms with Gasteiger partial charge in [-0.3, -0.25) is 0 Å². The van der Waals surface area contributed by atoms with Crippen LogP contribution in [0, 0.1) is 0 Å². The molecule has 0 aliphatic carbocycles. The second-order valence-corrected chi connectivity index (χ2v) is 5.94. The lowest BCUT2D eigenvalue weighted by molar-refractivity contribution is 0.311. The zero-order valence-corrected chi connectivity index (χ0v) is 12.3. The Labute approximate surface area is 118 Å². The molecule has 0 amide bonds. The van der Waals surface area contributed by atoms with E-state index in [2.05, 4.69) is 4.98 Å². The Bertz CT molecular complexity index is 707. The number of aromatic nitrogens is 2. The molecule has 0 aliphatic rings. The van der Waals surface area contributed by atoms with Gasteiger partial charge in [0.1, 0.15) is 0 Å². The SMILES string of the molecule is CCOc1cccc(-c2nccn2S(C)(=O)=O)c1OC. The lowest BCUT2D eigenvalue weighted by Gasteiger charge is -2.14. The van der Waals surface area contributed by atoms with Crippen molar-refractivity contribution in [3.63, 3.8) is 0 Å². The highest BCUT2D eigenvalue weighted by Crippen LogP contribution is 2.37. The summed E-state index contributed by atoms with van der Waals surface area (Å²) >= 11 is 0. The third-order valence-electron chi connectivity index (χ3n) is 2.69. The highest BCUT2D eigenvalue weighted by molar-refractivity contribution is 7.89. The summed E-state index contributed by atoms with van der Waals surface area (Å²) in [5.74, 6) is 1.31. The molecule has 108 valence electrons. The highest BCUT2D eigenvalue weighted by atomic mass is 32.2. The van der Waals surface area contributed by atoms with Gasteiger partial charge in [0.25, 0.3) is 0 Å². The van der Waals surface area contributed by atoms with Crippen molar-refractivity contribution >= 4 is 10.0 Å². The molecule has 20 heavy (non-hydrogen) atoms. The van der Waals surface area contributed by atoms with Gasteiger partial charge >= 0.3 is 0 Å². The summed E-state index contributed by atoms with van der Waals surface area (Å²) in [5, 5.41) is 0. The maximum absolute atomic E-state index is 11.7. The second kappa shape index (κ2) is 5.54. The van der Waals surface area contributed by atoms with Crippen LogP contribution < -0.4 is 9.47 Å². The van der Waals surface area contributed by atoms with Gasteiger partial charge in [-0.25, -0.2) is 17.4 Å². The first-order valence-corrected chi connectivity index (χ1v) is 7.88. The maximum Gasteiger partial charge on any atom is 0.237 e. The van der Waals surface area contributed by atoms with E-state index in [4.69, 9.17) is 9.47 Å². The number of methoxy groups -OCH3 is 1. The Morgan fingerprint density at radius 1 is 1.35 bits per heavy atom. The van der Waals surface area contributed by atoms with Gasteiger partial charge in [0.05, 0.1) is 25.5 Å². The molecule has 0 fully saturated rings. The van der Waals surface area contributed by atoms with Crippen molar-refractivity contribution in [2.75, 3.05) is 20.0 Å². The Morgan fingerprint density at radius 2 is 2.10 bits per heavy atom.